The van der Waals surface area contributed by atoms with Gasteiger partial charge in [0.1, 0.15) is 12.2 Å². The van der Waals surface area contributed by atoms with E-state index in [1.807, 2.05) is 32.9 Å². The van der Waals surface area contributed by atoms with Gasteiger partial charge in [-0.25, -0.2) is 8.91 Å². The number of pyridine rings is 1. The minimum atomic E-state index is -1.65. The van der Waals surface area contributed by atoms with E-state index in [1.54, 1.807) is 16.6 Å². The Kier molecular flexibility index (Phi) is 8.12. The first kappa shape index (κ1) is 29.0. The standard InChI is InChI=1S/C29H36FN7O3/c1-28(2,3)27(39)34-13-17-8-19(9-17)36-22-11-23(24-7-6-20-10-18(12-31)14-35-37(20)24)32-15-21(22)26(38)33-16-25(30)29(4,5)40/h6-7,10-11,14-15,17,19,25,40H,8-9,13,16H2,1-5H3,(H,32,36)(H,33,38)(H,34,39). The Morgan fingerprint density at radius 1 is 1.18 bits per heavy atom. The minimum absolute atomic E-state index is 0.00814. The molecule has 10 nitrogen and oxygen atoms in total. The van der Waals surface area contributed by atoms with E-state index in [-0.39, 0.29) is 24.1 Å². The highest BCUT2D eigenvalue weighted by Crippen LogP contribution is 2.33. The number of fused-ring (bicyclic) bond motifs is 1. The van der Waals surface area contributed by atoms with Gasteiger partial charge in [0.15, 0.2) is 0 Å². The molecule has 4 rings (SSSR count). The van der Waals surface area contributed by atoms with Gasteiger partial charge in [0.05, 0.1) is 52.1 Å². The third-order valence-electron chi connectivity index (χ3n) is 7.08. The predicted molar refractivity (Wildman–Crippen MR) is 149 cm³/mol. The van der Waals surface area contributed by atoms with Gasteiger partial charge in [0, 0.05) is 24.2 Å². The summed E-state index contributed by atoms with van der Waals surface area (Å²) in [4.78, 5) is 29.8. The molecule has 4 N–H and O–H groups in total. The van der Waals surface area contributed by atoms with E-state index in [1.165, 1.54) is 26.2 Å². The van der Waals surface area contributed by atoms with E-state index >= 15 is 0 Å². The summed E-state index contributed by atoms with van der Waals surface area (Å²) in [5.74, 6) is -0.193. The average Bonchev–Trinajstić information content (AvgIpc) is 3.30. The molecule has 2 amide bonds. The Hall–Kier alpha value is -4.04. The summed E-state index contributed by atoms with van der Waals surface area (Å²) in [6.07, 6.45) is 2.88. The number of alkyl halides is 1. The molecular formula is C29H36FN7O3. The molecular weight excluding hydrogens is 513 g/mol. The highest BCUT2D eigenvalue weighted by molar-refractivity contribution is 6.00. The maximum absolute atomic E-state index is 14.3. The number of nitrogens with one attached hydrogen (secondary N) is 3. The molecule has 40 heavy (non-hydrogen) atoms. The number of nitriles is 1. The summed E-state index contributed by atoms with van der Waals surface area (Å²) < 4.78 is 16.0. The van der Waals surface area contributed by atoms with Crippen LogP contribution < -0.4 is 16.0 Å². The number of carbonyl (C=O) groups is 2. The van der Waals surface area contributed by atoms with Crippen molar-refractivity contribution >= 4 is 23.0 Å². The molecule has 1 aliphatic rings. The molecule has 1 saturated carbocycles. The van der Waals surface area contributed by atoms with Crippen LogP contribution in [-0.4, -0.2) is 62.4 Å². The van der Waals surface area contributed by atoms with Crippen LogP contribution in [0.3, 0.4) is 0 Å². The molecule has 0 radical (unpaired) electrons. The smallest absolute Gasteiger partial charge is 0.255 e. The van der Waals surface area contributed by atoms with E-state index in [2.05, 4.69) is 32.1 Å². The molecule has 0 aliphatic heterocycles. The number of aromatic nitrogens is 3. The maximum atomic E-state index is 14.3. The van der Waals surface area contributed by atoms with Crippen LogP contribution in [0.15, 0.2) is 36.7 Å². The summed E-state index contributed by atoms with van der Waals surface area (Å²) in [5.41, 5.74) is 1.15. The van der Waals surface area contributed by atoms with Crippen LogP contribution in [-0.2, 0) is 4.79 Å². The number of carbonyl (C=O) groups excluding carboxylic acids is 2. The van der Waals surface area contributed by atoms with Gasteiger partial charge in [-0.15, -0.1) is 0 Å². The molecule has 0 spiro atoms. The molecule has 1 fully saturated rings. The molecule has 1 unspecified atom stereocenters. The maximum Gasteiger partial charge on any atom is 0.255 e. The molecule has 11 heteroatoms. The fourth-order valence-electron chi connectivity index (χ4n) is 4.42. The molecule has 3 heterocycles. The van der Waals surface area contributed by atoms with Crippen molar-refractivity contribution in [3.05, 3.63) is 47.8 Å². The third kappa shape index (κ3) is 6.57. The summed E-state index contributed by atoms with van der Waals surface area (Å²) in [6.45, 7) is 8.56. The monoisotopic (exact) mass is 549 g/mol. The molecule has 3 aromatic heterocycles. The van der Waals surface area contributed by atoms with Crippen molar-refractivity contribution in [1.82, 2.24) is 25.2 Å². The second-order valence-electron chi connectivity index (χ2n) is 12.0. The predicted octanol–water partition coefficient (Wildman–Crippen LogP) is 3.46. The highest BCUT2D eigenvalue weighted by Gasteiger charge is 2.32. The van der Waals surface area contributed by atoms with Crippen molar-refractivity contribution < 1.29 is 19.1 Å². The van der Waals surface area contributed by atoms with Crippen LogP contribution in [0.2, 0.25) is 0 Å². The fourth-order valence-corrected chi connectivity index (χ4v) is 4.42. The van der Waals surface area contributed by atoms with Crippen molar-refractivity contribution in [2.75, 3.05) is 18.4 Å². The van der Waals surface area contributed by atoms with Gasteiger partial charge in [-0.3, -0.25) is 14.6 Å². The Labute approximate surface area is 233 Å². The zero-order chi connectivity index (χ0) is 29.2. The summed E-state index contributed by atoms with van der Waals surface area (Å²) >= 11 is 0. The van der Waals surface area contributed by atoms with Crippen molar-refractivity contribution in [2.45, 2.75) is 65.3 Å². The molecule has 0 bridgehead atoms. The van der Waals surface area contributed by atoms with Crippen LogP contribution >= 0.6 is 0 Å². The fraction of sp³-hybridized carbons (Fsp3) is 0.483. The van der Waals surface area contributed by atoms with Crippen LogP contribution in [0.25, 0.3) is 16.9 Å². The lowest BCUT2D eigenvalue weighted by Crippen LogP contribution is -2.45. The number of halogens is 1. The van der Waals surface area contributed by atoms with Crippen LogP contribution in [0.5, 0.6) is 0 Å². The summed E-state index contributed by atoms with van der Waals surface area (Å²) in [7, 11) is 0. The molecule has 1 aliphatic carbocycles. The first-order chi connectivity index (χ1) is 18.8. The van der Waals surface area contributed by atoms with Crippen molar-refractivity contribution in [3.8, 4) is 17.5 Å². The number of amides is 2. The zero-order valence-corrected chi connectivity index (χ0v) is 23.5. The molecule has 1 atom stereocenters. The Balaban J connectivity index is 1.54. The first-order valence-electron chi connectivity index (χ1n) is 13.3. The lowest BCUT2D eigenvalue weighted by molar-refractivity contribution is -0.128. The summed E-state index contributed by atoms with van der Waals surface area (Å²) in [6, 6.07) is 9.30. The lowest BCUT2D eigenvalue weighted by atomic mass is 9.79. The topological polar surface area (TPSA) is 144 Å². The lowest BCUT2D eigenvalue weighted by Gasteiger charge is -2.37. The van der Waals surface area contributed by atoms with Crippen LogP contribution in [0.4, 0.5) is 10.1 Å². The highest BCUT2D eigenvalue weighted by atomic mass is 19.1. The van der Waals surface area contributed by atoms with Crippen molar-refractivity contribution in [1.29, 1.82) is 5.26 Å². The van der Waals surface area contributed by atoms with E-state index in [4.69, 9.17) is 0 Å². The van der Waals surface area contributed by atoms with Gasteiger partial charge in [0.2, 0.25) is 5.91 Å². The minimum Gasteiger partial charge on any atom is -0.387 e. The van der Waals surface area contributed by atoms with Crippen molar-refractivity contribution in [2.24, 2.45) is 11.3 Å². The quantitative estimate of drug-likeness (QED) is 0.320. The molecule has 3 aromatic rings. The zero-order valence-electron chi connectivity index (χ0n) is 23.5. The Morgan fingerprint density at radius 3 is 2.55 bits per heavy atom. The van der Waals surface area contributed by atoms with Gasteiger partial charge in [-0.1, -0.05) is 20.8 Å². The van der Waals surface area contributed by atoms with Gasteiger partial charge >= 0.3 is 0 Å². The van der Waals surface area contributed by atoms with Gasteiger partial charge < -0.3 is 21.1 Å². The van der Waals surface area contributed by atoms with E-state index in [0.717, 1.165) is 18.4 Å². The number of hydrogen-bond acceptors (Lipinski definition) is 7. The number of aliphatic hydroxyl groups is 1. The number of anilines is 1. The molecule has 212 valence electrons. The third-order valence-corrected chi connectivity index (χ3v) is 7.08. The Bertz CT molecular complexity index is 1440. The molecule has 0 aromatic carbocycles. The SMILES string of the molecule is CC(C)(C)C(=O)NCC1CC(Nc2cc(-c3ccc4cc(C#N)cnn34)ncc2C(=O)NCC(F)C(C)(C)O)C1. The van der Waals surface area contributed by atoms with Gasteiger partial charge in [0.25, 0.3) is 5.91 Å². The normalized spacial score (nSPS) is 17.9. The van der Waals surface area contributed by atoms with Crippen molar-refractivity contribution in [3.63, 3.8) is 0 Å². The second kappa shape index (κ2) is 11.2. The largest absolute Gasteiger partial charge is 0.387 e. The molecule has 0 saturated heterocycles. The average molecular weight is 550 g/mol. The van der Waals surface area contributed by atoms with E-state index in [9.17, 15) is 24.3 Å². The number of rotatable bonds is 9. The second-order valence-corrected chi connectivity index (χ2v) is 12.0. The Morgan fingerprint density at radius 2 is 1.90 bits per heavy atom. The van der Waals surface area contributed by atoms with Gasteiger partial charge in [-0.05, 0) is 56.9 Å². The first-order valence-corrected chi connectivity index (χ1v) is 13.3. The van der Waals surface area contributed by atoms with E-state index < -0.39 is 23.1 Å². The van der Waals surface area contributed by atoms with Gasteiger partial charge in [-0.2, -0.15) is 10.4 Å². The van der Waals surface area contributed by atoms with E-state index in [0.29, 0.717) is 35.1 Å². The number of hydrogen-bond donors (Lipinski definition) is 4. The number of nitrogens with zero attached hydrogens (tertiary/aromatic N) is 4. The summed E-state index contributed by atoms with van der Waals surface area (Å²) in [5, 5.41) is 32.4. The van der Waals surface area contributed by atoms with Crippen LogP contribution in [0.1, 0.15) is 63.4 Å². The van der Waals surface area contributed by atoms with Crippen LogP contribution in [0, 0.1) is 22.7 Å².